The molecule has 1 aliphatic rings. The number of anilines is 1. The number of hydrogen-bond donors (Lipinski definition) is 2. The highest BCUT2D eigenvalue weighted by Gasteiger charge is 2.27. The highest BCUT2D eigenvalue weighted by Crippen LogP contribution is 2.10. The fourth-order valence-corrected chi connectivity index (χ4v) is 2.61. The second-order valence-electron chi connectivity index (χ2n) is 6.38. The first-order valence-corrected chi connectivity index (χ1v) is 8.54. The van der Waals surface area contributed by atoms with Crippen molar-refractivity contribution >= 4 is 23.6 Å². The minimum absolute atomic E-state index is 0.170. The first-order valence-electron chi connectivity index (χ1n) is 8.54. The molecule has 1 atom stereocenters. The van der Waals surface area contributed by atoms with E-state index in [0.717, 1.165) is 12.8 Å². The van der Waals surface area contributed by atoms with Gasteiger partial charge in [-0.1, -0.05) is 32.0 Å². The molecule has 136 valence electrons. The van der Waals surface area contributed by atoms with E-state index in [9.17, 15) is 14.4 Å². The summed E-state index contributed by atoms with van der Waals surface area (Å²) in [6.45, 7) is 4.74. The Labute approximate surface area is 147 Å². The van der Waals surface area contributed by atoms with Crippen molar-refractivity contribution in [3.8, 4) is 0 Å². The molecule has 1 aromatic carbocycles. The molecule has 2 N–H and O–H groups in total. The summed E-state index contributed by atoms with van der Waals surface area (Å²) in [5.74, 6) is -0.969. The van der Waals surface area contributed by atoms with Crippen LogP contribution in [0, 0.1) is 5.92 Å². The average molecular weight is 347 g/mol. The van der Waals surface area contributed by atoms with Gasteiger partial charge in [-0.2, -0.15) is 0 Å². The Hall–Kier alpha value is -2.57. The smallest absolute Gasteiger partial charge is 0.329 e. The van der Waals surface area contributed by atoms with Crippen molar-refractivity contribution in [2.24, 2.45) is 5.92 Å². The normalized spacial score (nSPS) is 14.9. The topological polar surface area (TPSA) is 87.7 Å². The number of esters is 1. The number of nitrogens with one attached hydrogen (secondary N) is 2. The number of hydrogen-bond acceptors (Lipinski definition) is 4. The molecule has 1 aromatic rings. The van der Waals surface area contributed by atoms with E-state index in [1.807, 2.05) is 6.07 Å². The Morgan fingerprint density at radius 3 is 2.36 bits per heavy atom. The fourth-order valence-electron chi connectivity index (χ4n) is 2.61. The molecule has 1 saturated heterocycles. The lowest BCUT2D eigenvalue weighted by molar-refractivity contribution is -0.154. The van der Waals surface area contributed by atoms with Crippen molar-refractivity contribution in [2.45, 2.75) is 32.7 Å². The minimum Gasteiger partial charge on any atom is -0.454 e. The maximum absolute atomic E-state index is 12.3. The molecule has 0 unspecified atom stereocenters. The van der Waals surface area contributed by atoms with Gasteiger partial charge in [-0.15, -0.1) is 0 Å². The van der Waals surface area contributed by atoms with Crippen LogP contribution < -0.4 is 10.6 Å². The van der Waals surface area contributed by atoms with Crippen molar-refractivity contribution in [1.82, 2.24) is 10.2 Å². The SMILES string of the molecule is CC(C)[C@H](NC(=O)Nc1ccccc1)C(=O)OCC(=O)N1CCCC1. The minimum atomic E-state index is -0.824. The van der Waals surface area contributed by atoms with Crippen molar-refractivity contribution < 1.29 is 19.1 Å². The Kier molecular flexibility index (Phi) is 6.80. The number of nitrogens with zero attached hydrogens (tertiary/aromatic N) is 1. The van der Waals surface area contributed by atoms with Crippen molar-refractivity contribution in [2.75, 3.05) is 25.0 Å². The molecule has 0 aliphatic carbocycles. The number of rotatable bonds is 6. The molecule has 0 aromatic heterocycles. The average Bonchev–Trinajstić information content (AvgIpc) is 3.12. The maximum Gasteiger partial charge on any atom is 0.329 e. The van der Waals surface area contributed by atoms with Crippen LogP contribution in [0.15, 0.2) is 30.3 Å². The summed E-state index contributed by atoms with van der Waals surface area (Å²) in [7, 11) is 0. The van der Waals surface area contributed by atoms with Crippen molar-refractivity contribution in [3.05, 3.63) is 30.3 Å². The van der Waals surface area contributed by atoms with Gasteiger partial charge in [-0.3, -0.25) is 4.79 Å². The van der Waals surface area contributed by atoms with E-state index < -0.39 is 18.0 Å². The van der Waals surface area contributed by atoms with Gasteiger partial charge in [0.25, 0.3) is 5.91 Å². The number of ether oxygens (including phenoxy) is 1. The molecular weight excluding hydrogens is 322 g/mol. The summed E-state index contributed by atoms with van der Waals surface area (Å²) >= 11 is 0. The fraction of sp³-hybridized carbons (Fsp3) is 0.500. The van der Waals surface area contributed by atoms with Crippen LogP contribution in [0.2, 0.25) is 0 Å². The standard InChI is InChI=1S/C18H25N3O4/c1-13(2)16(20-18(24)19-14-8-4-3-5-9-14)17(23)25-12-15(22)21-10-6-7-11-21/h3-5,8-9,13,16H,6-7,10-12H2,1-2H3,(H2,19,20,24)/t16-/m0/s1. The van der Waals surface area contributed by atoms with Crippen LogP contribution in [-0.2, 0) is 14.3 Å². The van der Waals surface area contributed by atoms with Gasteiger partial charge in [0.2, 0.25) is 0 Å². The molecule has 25 heavy (non-hydrogen) atoms. The van der Waals surface area contributed by atoms with Crippen LogP contribution in [0.1, 0.15) is 26.7 Å². The highest BCUT2D eigenvalue weighted by molar-refractivity contribution is 5.93. The predicted molar refractivity (Wildman–Crippen MR) is 94.0 cm³/mol. The Balaban J connectivity index is 1.84. The maximum atomic E-state index is 12.3. The number of benzene rings is 1. The van der Waals surface area contributed by atoms with Crippen LogP contribution in [0.25, 0.3) is 0 Å². The van der Waals surface area contributed by atoms with Gasteiger partial charge < -0.3 is 20.3 Å². The summed E-state index contributed by atoms with van der Waals surface area (Å²) in [6.07, 6.45) is 1.96. The van der Waals surface area contributed by atoms with Crippen LogP contribution in [-0.4, -0.2) is 48.5 Å². The van der Waals surface area contributed by atoms with E-state index in [-0.39, 0.29) is 18.4 Å². The lowest BCUT2D eigenvalue weighted by atomic mass is 10.1. The summed E-state index contributed by atoms with van der Waals surface area (Å²) in [4.78, 5) is 38.0. The molecule has 0 spiro atoms. The summed E-state index contributed by atoms with van der Waals surface area (Å²) in [6, 6.07) is 7.62. The summed E-state index contributed by atoms with van der Waals surface area (Å²) < 4.78 is 5.12. The van der Waals surface area contributed by atoms with E-state index in [4.69, 9.17) is 4.74 Å². The summed E-state index contributed by atoms with van der Waals surface area (Å²) in [5, 5.41) is 5.27. The molecule has 7 heteroatoms. The predicted octanol–water partition coefficient (Wildman–Crippen LogP) is 2.00. The van der Waals surface area contributed by atoms with Gasteiger partial charge in [-0.25, -0.2) is 9.59 Å². The first-order chi connectivity index (χ1) is 12.0. The van der Waals surface area contributed by atoms with Gasteiger partial charge in [-0.05, 0) is 30.9 Å². The molecule has 0 bridgehead atoms. The molecule has 7 nitrogen and oxygen atoms in total. The van der Waals surface area contributed by atoms with Gasteiger partial charge in [0.1, 0.15) is 6.04 Å². The van der Waals surface area contributed by atoms with Crippen LogP contribution in [0.4, 0.5) is 10.5 Å². The Morgan fingerprint density at radius 1 is 1.12 bits per heavy atom. The van der Waals surface area contributed by atoms with Crippen LogP contribution >= 0.6 is 0 Å². The van der Waals surface area contributed by atoms with E-state index in [1.165, 1.54) is 0 Å². The van der Waals surface area contributed by atoms with E-state index >= 15 is 0 Å². The van der Waals surface area contributed by atoms with Gasteiger partial charge >= 0.3 is 12.0 Å². The molecule has 2 rings (SSSR count). The number of likely N-dealkylation sites (tertiary alicyclic amines) is 1. The number of urea groups is 1. The zero-order valence-corrected chi connectivity index (χ0v) is 14.7. The largest absolute Gasteiger partial charge is 0.454 e. The molecule has 3 amide bonds. The number of para-hydroxylation sites is 1. The molecule has 1 heterocycles. The lowest BCUT2D eigenvalue weighted by Crippen LogP contribution is -2.47. The Bertz CT molecular complexity index is 598. The van der Waals surface area contributed by atoms with Crippen LogP contribution in [0.5, 0.6) is 0 Å². The quantitative estimate of drug-likeness (QED) is 0.771. The molecule has 1 fully saturated rings. The second-order valence-corrected chi connectivity index (χ2v) is 6.38. The number of carbonyl (C=O) groups excluding carboxylic acids is 3. The third-order valence-electron chi connectivity index (χ3n) is 4.04. The zero-order valence-electron chi connectivity index (χ0n) is 14.7. The molecule has 1 aliphatic heterocycles. The van der Waals surface area contributed by atoms with Gasteiger partial charge in [0.15, 0.2) is 6.61 Å². The number of carbonyl (C=O) groups is 3. The third kappa shape index (κ3) is 5.77. The van der Waals surface area contributed by atoms with Gasteiger partial charge in [0.05, 0.1) is 0 Å². The molecule has 0 radical (unpaired) electrons. The Morgan fingerprint density at radius 2 is 1.76 bits per heavy atom. The van der Waals surface area contributed by atoms with E-state index in [2.05, 4.69) is 10.6 Å². The molecular formula is C18H25N3O4. The highest BCUT2D eigenvalue weighted by atomic mass is 16.5. The third-order valence-corrected chi connectivity index (χ3v) is 4.04. The first kappa shape index (κ1) is 18.8. The van der Waals surface area contributed by atoms with Crippen LogP contribution in [0.3, 0.4) is 0 Å². The van der Waals surface area contributed by atoms with E-state index in [0.29, 0.717) is 18.8 Å². The monoisotopic (exact) mass is 347 g/mol. The van der Waals surface area contributed by atoms with Gasteiger partial charge in [0, 0.05) is 18.8 Å². The van der Waals surface area contributed by atoms with Crippen molar-refractivity contribution in [1.29, 1.82) is 0 Å². The molecule has 0 saturated carbocycles. The summed E-state index contributed by atoms with van der Waals surface area (Å²) in [5.41, 5.74) is 0.625. The second kappa shape index (κ2) is 9.05. The van der Waals surface area contributed by atoms with Crippen molar-refractivity contribution in [3.63, 3.8) is 0 Å². The zero-order chi connectivity index (χ0) is 18.2. The lowest BCUT2D eigenvalue weighted by Gasteiger charge is -2.22. The number of amides is 3. The van der Waals surface area contributed by atoms with E-state index in [1.54, 1.807) is 43.0 Å².